The van der Waals surface area contributed by atoms with Crippen LogP contribution < -0.4 is 10.1 Å². The highest BCUT2D eigenvalue weighted by atomic mass is 19.1. The van der Waals surface area contributed by atoms with E-state index in [1.807, 2.05) is 19.1 Å². The summed E-state index contributed by atoms with van der Waals surface area (Å²) in [6.45, 7) is 3.01. The standard InChI is InChI=1S/C16H24FNO/c1-12(18-11-13-6-4-3-5-7-13)15-9-8-14(19-2)10-16(15)17/h8-10,12-13,18H,3-7,11H2,1-2H3. The zero-order valence-electron chi connectivity index (χ0n) is 11.9. The molecule has 0 saturated heterocycles. The van der Waals surface area contributed by atoms with Crippen LogP contribution in [0.1, 0.15) is 50.6 Å². The van der Waals surface area contributed by atoms with Gasteiger partial charge in [0.15, 0.2) is 0 Å². The maximum absolute atomic E-state index is 13.9. The van der Waals surface area contributed by atoms with Gasteiger partial charge in [-0.25, -0.2) is 4.39 Å². The fourth-order valence-electron chi connectivity index (χ4n) is 2.83. The molecule has 1 aromatic carbocycles. The molecule has 1 atom stereocenters. The van der Waals surface area contributed by atoms with E-state index in [4.69, 9.17) is 4.74 Å². The average Bonchev–Trinajstić information content (AvgIpc) is 2.45. The van der Waals surface area contributed by atoms with Crippen LogP contribution >= 0.6 is 0 Å². The van der Waals surface area contributed by atoms with Crippen LogP contribution in [0.4, 0.5) is 4.39 Å². The predicted octanol–water partition coefficient (Wildman–Crippen LogP) is 4.07. The molecule has 0 aromatic heterocycles. The molecular formula is C16H24FNO. The van der Waals surface area contributed by atoms with Crippen LogP contribution in [0.2, 0.25) is 0 Å². The largest absolute Gasteiger partial charge is 0.497 e. The first kappa shape index (κ1) is 14.3. The van der Waals surface area contributed by atoms with Crippen molar-refractivity contribution in [1.29, 1.82) is 0 Å². The van der Waals surface area contributed by atoms with Crippen LogP contribution in [0, 0.1) is 11.7 Å². The van der Waals surface area contributed by atoms with Gasteiger partial charge in [-0.05, 0) is 38.3 Å². The molecule has 2 rings (SSSR count). The minimum atomic E-state index is -0.192. The number of nitrogens with one attached hydrogen (secondary N) is 1. The van der Waals surface area contributed by atoms with Gasteiger partial charge in [0.2, 0.25) is 0 Å². The van der Waals surface area contributed by atoms with Crippen LogP contribution in [-0.2, 0) is 0 Å². The molecular weight excluding hydrogens is 241 g/mol. The van der Waals surface area contributed by atoms with Crippen molar-refractivity contribution in [3.05, 3.63) is 29.6 Å². The normalized spacial score (nSPS) is 18.3. The number of ether oxygens (including phenoxy) is 1. The van der Waals surface area contributed by atoms with Gasteiger partial charge in [-0.3, -0.25) is 0 Å². The molecule has 1 aliphatic rings. The van der Waals surface area contributed by atoms with Crippen molar-refractivity contribution in [3.63, 3.8) is 0 Å². The Morgan fingerprint density at radius 3 is 2.68 bits per heavy atom. The third kappa shape index (κ3) is 3.93. The summed E-state index contributed by atoms with van der Waals surface area (Å²) in [6.07, 6.45) is 6.68. The number of halogens is 1. The molecule has 2 nitrogen and oxygen atoms in total. The summed E-state index contributed by atoms with van der Waals surface area (Å²) in [7, 11) is 1.55. The minimum absolute atomic E-state index is 0.0489. The Morgan fingerprint density at radius 2 is 2.05 bits per heavy atom. The number of benzene rings is 1. The van der Waals surface area contributed by atoms with E-state index in [1.165, 1.54) is 38.2 Å². The summed E-state index contributed by atoms with van der Waals surface area (Å²) in [6, 6.07) is 5.13. The number of rotatable bonds is 5. The monoisotopic (exact) mass is 265 g/mol. The van der Waals surface area contributed by atoms with Gasteiger partial charge in [-0.1, -0.05) is 25.3 Å². The van der Waals surface area contributed by atoms with Crippen molar-refractivity contribution >= 4 is 0 Å². The van der Waals surface area contributed by atoms with E-state index in [-0.39, 0.29) is 11.9 Å². The first-order valence-corrected chi connectivity index (χ1v) is 7.27. The van der Waals surface area contributed by atoms with Crippen molar-refractivity contribution in [1.82, 2.24) is 5.32 Å². The second kappa shape index (κ2) is 6.90. The van der Waals surface area contributed by atoms with Crippen LogP contribution in [-0.4, -0.2) is 13.7 Å². The maximum Gasteiger partial charge on any atom is 0.131 e. The van der Waals surface area contributed by atoms with E-state index in [9.17, 15) is 4.39 Å². The highest BCUT2D eigenvalue weighted by molar-refractivity contribution is 5.30. The summed E-state index contributed by atoms with van der Waals surface area (Å²) in [5.41, 5.74) is 0.719. The van der Waals surface area contributed by atoms with E-state index in [0.717, 1.165) is 18.0 Å². The Kier molecular flexibility index (Phi) is 5.20. The van der Waals surface area contributed by atoms with Crippen LogP contribution in [0.3, 0.4) is 0 Å². The Morgan fingerprint density at radius 1 is 1.32 bits per heavy atom. The topological polar surface area (TPSA) is 21.3 Å². The molecule has 1 saturated carbocycles. The molecule has 0 amide bonds. The molecule has 1 fully saturated rings. The van der Waals surface area contributed by atoms with Crippen molar-refractivity contribution in [2.75, 3.05) is 13.7 Å². The fraction of sp³-hybridized carbons (Fsp3) is 0.625. The number of methoxy groups -OCH3 is 1. The van der Waals surface area contributed by atoms with E-state index in [1.54, 1.807) is 7.11 Å². The zero-order valence-corrected chi connectivity index (χ0v) is 11.9. The predicted molar refractivity (Wildman–Crippen MR) is 75.9 cm³/mol. The lowest BCUT2D eigenvalue weighted by Gasteiger charge is -2.24. The number of hydrogen-bond donors (Lipinski definition) is 1. The first-order valence-electron chi connectivity index (χ1n) is 7.27. The molecule has 19 heavy (non-hydrogen) atoms. The van der Waals surface area contributed by atoms with Gasteiger partial charge in [0, 0.05) is 17.7 Å². The van der Waals surface area contributed by atoms with E-state index < -0.39 is 0 Å². The van der Waals surface area contributed by atoms with Gasteiger partial charge >= 0.3 is 0 Å². The second-order valence-corrected chi connectivity index (χ2v) is 5.52. The fourth-order valence-corrected chi connectivity index (χ4v) is 2.83. The molecule has 0 aliphatic heterocycles. The lowest BCUT2D eigenvalue weighted by atomic mass is 9.89. The SMILES string of the molecule is COc1ccc(C(C)NCC2CCCCC2)c(F)c1. The van der Waals surface area contributed by atoms with E-state index in [2.05, 4.69) is 5.32 Å². The Labute approximate surface area is 115 Å². The Hall–Kier alpha value is -1.09. The molecule has 0 bridgehead atoms. The first-order chi connectivity index (χ1) is 9.20. The van der Waals surface area contributed by atoms with Crippen LogP contribution in [0.15, 0.2) is 18.2 Å². The lowest BCUT2D eigenvalue weighted by molar-refractivity contribution is 0.330. The maximum atomic E-state index is 13.9. The smallest absolute Gasteiger partial charge is 0.131 e. The summed E-state index contributed by atoms with van der Waals surface area (Å²) in [5.74, 6) is 1.14. The zero-order chi connectivity index (χ0) is 13.7. The summed E-state index contributed by atoms with van der Waals surface area (Å²) >= 11 is 0. The van der Waals surface area contributed by atoms with Crippen LogP contribution in [0.5, 0.6) is 5.75 Å². The highest BCUT2D eigenvalue weighted by Crippen LogP contribution is 2.25. The van der Waals surface area contributed by atoms with Gasteiger partial charge in [-0.2, -0.15) is 0 Å². The summed E-state index contributed by atoms with van der Waals surface area (Å²) in [4.78, 5) is 0. The molecule has 0 spiro atoms. The van der Waals surface area contributed by atoms with Crippen molar-refractivity contribution in [2.24, 2.45) is 5.92 Å². The summed E-state index contributed by atoms with van der Waals surface area (Å²) in [5, 5.41) is 3.47. The van der Waals surface area contributed by atoms with Crippen LogP contribution in [0.25, 0.3) is 0 Å². The lowest BCUT2D eigenvalue weighted by Crippen LogP contribution is -2.27. The minimum Gasteiger partial charge on any atom is -0.497 e. The van der Waals surface area contributed by atoms with E-state index >= 15 is 0 Å². The van der Waals surface area contributed by atoms with Crippen molar-refractivity contribution in [2.45, 2.75) is 45.1 Å². The third-order valence-corrected chi connectivity index (χ3v) is 4.11. The molecule has 0 radical (unpaired) electrons. The summed E-state index contributed by atoms with van der Waals surface area (Å²) < 4.78 is 19.0. The Balaban J connectivity index is 1.89. The second-order valence-electron chi connectivity index (χ2n) is 5.52. The van der Waals surface area contributed by atoms with Gasteiger partial charge in [0.05, 0.1) is 7.11 Å². The molecule has 3 heteroatoms. The molecule has 0 heterocycles. The molecule has 1 aromatic rings. The molecule has 1 aliphatic carbocycles. The van der Waals surface area contributed by atoms with Crippen molar-refractivity contribution < 1.29 is 9.13 Å². The van der Waals surface area contributed by atoms with E-state index in [0.29, 0.717) is 5.75 Å². The molecule has 106 valence electrons. The number of hydrogen-bond acceptors (Lipinski definition) is 2. The average molecular weight is 265 g/mol. The quantitative estimate of drug-likeness (QED) is 0.866. The molecule has 1 N–H and O–H groups in total. The molecule has 1 unspecified atom stereocenters. The van der Waals surface area contributed by atoms with Crippen molar-refractivity contribution in [3.8, 4) is 5.75 Å². The Bertz CT molecular complexity index is 402. The van der Waals surface area contributed by atoms with Gasteiger partial charge in [-0.15, -0.1) is 0 Å². The van der Waals surface area contributed by atoms with Gasteiger partial charge in [0.1, 0.15) is 11.6 Å². The van der Waals surface area contributed by atoms with Gasteiger partial charge < -0.3 is 10.1 Å². The third-order valence-electron chi connectivity index (χ3n) is 4.11. The van der Waals surface area contributed by atoms with Gasteiger partial charge in [0.25, 0.3) is 0 Å². The highest BCUT2D eigenvalue weighted by Gasteiger charge is 2.16.